The first-order valence-corrected chi connectivity index (χ1v) is 9.58. The third-order valence-electron chi connectivity index (χ3n) is 3.30. The summed E-state index contributed by atoms with van der Waals surface area (Å²) in [6.45, 7) is 3.69. The predicted octanol–water partition coefficient (Wildman–Crippen LogP) is 3.88. The van der Waals surface area contributed by atoms with Crippen LogP contribution in [0.5, 0.6) is 0 Å². The zero-order chi connectivity index (χ0) is 17.9. The van der Waals surface area contributed by atoms with Gasteiger partial charge in [0, 0.05) is 24.7 Å². The van der Waals surface area contributed by atoms with Gasteiger partial charge in [0.25, 0.3) is 15.3 Å². The average Bonchev–Trinajstić information content (AvgIpc) is 2.48. The van der Waals surface area contributed by atoms with Crippen molar-refractivity contribution in [3.8, 4) is 0 Å². The van der Waals surface area contributed by atoms with E-state index in [-0.39, 0.29) is 10.1 Å². The lowest BCUT2D eigenvalue weighted by Gasteiger charge is -2.12. The fourth-order valence-electron chi connectivity index (χ4n) is 2.09. The maximum Gasteiger partial charge on any atom is 0.285 e. The predicted molar refractivity (Wildman–Crippen MR) is 98.1 cm³/mol. The molecule has 0 saturated heterocycles. The van der Waals surface area contributed by atoms with Gasteiger partial charge in [-0.05, 0) is 61.5 Å². The van der Waals surface area contributed by atoms with Crippen LogP contribution in [0.4, 0.5) is 10.5 Å². The Bertz CT molecular complexity index is 845. The Morgan fingerprint density at radius 2 is 1.67 bits per heavy atom. The van der Waals surface area contributed by atoms with Crippen molar-refractivity contribution in [2.24, 2.45) is 0 Å². The molecule has 24 heavy (non-hydrogen) atoms. The molecule has 0 aromatic heterocycles. The number of sulfonamides is 1. The first-order valence-electron chi connectivity index (χ1n) is 7.28. The maximum absolute atomic E-state index is 12.5. The van der Waals surface area contributed by atoms with Crippen LogP contribution in [0.1, 0.15) is 11.1 Å². The summed E-state index contributed by atoms with van der Waals surface area (Å²) in [6, 6.07) is 11.9. The van der Waals surface area contributed by atoms with E-state index in [1.807, 2.05) is 13.0 Å². The second kappa shape index (κ2) is 7.27. The van der Waals surface area contributed by atoms with E-state index < -0.39 is 10.0 Å². The van der Waals surface area contributed by atoms with Crippen molar-refractivity contribution in [2.75, 3.05) is 18.8 Å². The minimum Gasteiger partial charge on any atom is -0.339 e. The van der Waals surface area contributed by atoms with Gasteiger partial charge in [-0.15, -0.1) is 0 Å². The van der Waals surface area contributed by atoms with Gasteiger partial charge in [-0.25, -0.2) is 8.42 Å². The molecule has 0 heterocycles. The zero-order valence-electron chi connectivity index (χ0n) is 14.0. The number of anilines is 1. The molecule has 0 aliphatic rings. The monoisotopic (exact) mass is 364 g/mol. The van der Waals surface area contributed by atoms with Gasteiger partial charge in [-0.2, -0.15) is 0 Å². The summed E-state index contributed by atoms with van der Waals surface area (Å²) in [5.41, 5.74) is 2.17. The molecule has 2 aromatic rings. The summed E-state index contributed by atoms with van der Waals surface area (Å²) in [7, 11) is -0.278. The molecule has 0 unspecified atom stereocenters. The minimum absolute atomic E-state index is 0.0846. The Hall–Kier alpha value is -1.99. The second-order valence-corrected chi connectivity index (χ2v) is 8.34. The van der Waals surface area contributed by atoms with Crippen LogP contribution < -0.4 is 4.72 Å². The number of hydrogen-bond donors (Lipinski definition) is 1. The van der Waals surface area contributed by atoms with Gasteiger partial charge in [-0.3, -0.25) is 9.52 Å². The first kappa shape index (κ1) is 18.4. The van der Waals surface area contributed by atoms with Crippen LogP contribution in [0, 0.1) is 13.8 Å². The summed E-state index contributed by atoms with van der Waals surface area (Å²) in [5, 5.41) is -0.0846. The Kier molecular flexibility index (Phi) is 5.56. The third kappa shape index (κ3) is 4.52. The lowest BCUT2D eigenvalue weighted by Crippen LogP contribution is -2.16. The molecule has 2 rings (SSSR count). The number of carbonyl (C=O) groups is 1. The number of hydrogen-bond acceptors (Lipinski definition) is 4. The zero-order valence-corrected chi connectivity index (χ0v) is 15.7. The molecule has 0 bridgehead atoms. The van der Waals surface area contributed by atoms with Crippen molar-refractivity contribution in [3.63, 3.8) is 0 Å². The van der Waals surface area contributed by atoms with E-state index in [9.17, 15) is 13.2 Å². The number of thioether (sulfide) groups is 1. The highest BCUT2D eigenvalue weighted by molar-refractivity contribution is 8.13. The molecule has 2 aromatic carbocycles. The molecule has 0 aliphatic heterocycles. The number of nitrogens with one attached hydrogen (secondary N) is 1. The van der Waals surface area contributed by atoms with Crippen molar-refractivity contribution < 1.29 is 13.2 Å². The highest BCUT2D eigenvalue weighted by Gasteiger charge is 2.17. The van der Waals surface area contributed by atoms with Crippen molar-refractivity contribution in [1.29, 1.82) is 0 Å². The smallest absolute Gasteiger partial charge is 0.285 e. The molecule has 1 amide bonds. The molecular weight excluding hydrogens is 344 g/mol. The Labute approximate surface area is 147 Å². The normalized spacial score (nSPS) is 11.2. The molecule has 0 fully saturated rings. The van der Waals surface area contributed by atoms with E-state index in [0.29, 0.717) is 11.3 Å². The molecule has 0 atom stereocenters. The van der Waals surface area contributed by atoms with E-state index in [1.54, 1.807) is 57.4 Å². The molecular formula is C17H20N2O3S2. The molecule has 0 radical (unpaired) electrons. The number of carbonyl (C=O) groups excluding carboxylic acids is 1. The number of benzene rings is 2. The van der Waals surface area contributed by atoms with Gasteiger partial charge in [0.1, 0.15) is 0 Å². The summed E-state index contributed by atoms with van der Waals surface area (Å²) in [6.07, 6.45) is 0. The van der Waals surface area contributed by atoms with Gasteiger partial charge in [0.05, 0.1) is 4.90 Å². The Morgan fingerprint density at radius 3 is 2.21 bits per heavy atom. The van der Waals surface area contributed by atoms with Gasteiger partial charge in [-0.1, -0.05) is 17.7 Å². The van der Waals surface area contributed by atoms with Crippen LogP contribution in [0.25, 0.3) is 0 Å². The van der Waals surface area contributed by atoms with Gasteiger partial charge in [0.2, 0.25) is 0 Å². The molecule has 7 heteroatoms. The summed E-state index contributed by atoms with van der Waals surface area (Å²) < 4.78 is 27.6. The lowest BCUT2D eigenvalue weighted by atomic mass is 10.2. The fourth-order valence-corrected chi connectivity index (χ4v) is 4.04. The maximum atomic E-state index is 12.5. The van der Waals surface area contributed by atoms with E-state index >= 15 is 0 Å². The Morgan fingerprint density at radius 1 is 1.04 bits per heavy atom. The van der Waals surface area contributed by atoms with Gasteiger partial charge < -0.3 is 4.90 Å². The quantitative estimate of drug-likeness (QED) is 0.836. The highest BCUT2D eigenvalue weighted by Crippen LogP contribution is 2.24. The topological polar surface area (TPSA) is 66.5 Å². The first-order chi connectivity index (χ1) is 11.2. The molecule has 0 aliphatic carbocycles. The second-order valence-electron chi connectivity index (χ2n) is 5.66. The van der Waals surface area contributed by atoms with Crippen molar-refractivity contribution in [3.05, 3.63) is 53.6 Å². The fraction of sp³-hybridized carbons (Fsp3) is 0.235. The van der Waals surface area contributed by atoms with Crippen LogP contribution in [-0.2, 0) is 10.0 Å². The summed E-state index contributed by atoms with van der Waals surface area (Å²) in [4.78, 5) is 14.2. The van der Waals surface area contributed by atoms with Gasteiger partial charge in [0.15, 0.2) is 0 Å². The number of amides is 1. The molecule has 0 spiro atoms. The van der Waals surface area contributed by atoms with E-state index in [0.717, 1.165) is 22.2 Å². The molecule has 1 N–H and O–H groups in total. The largest absolute Gasteiger partial charge is 0.339 e. The average molecular weight is 364 g/mol. The number of nitrogens with zero attached hydrogens (tertiary/aromatic N) is 1. The number of aryl methyl sites for hydroxylation is 2. The van der Waals surface area contributed by atoms with Crippen LogP contribution >= 0.6 is 11.8 Å². The third-order valence-corrected chi connectivity index (χ3v) is 5.89. The minimum atomic E-state index is -3.64. The van der Waals surface area contributed by atoms with E-state index in [1.165, 1.54) is 4.90 Å². The molecule has 0 saturated carbocycles. The molecule has 128 valence electrons. The van der Waals surface area contributed by atoms with Crippen LogP contribution in [0.15, 0.2) is 52.3 Å². The SMILES string of the molecule is Cc1ccc(S(=O)(=O)Nc2ccc(SC(=O)N(C)C)cc2)c(C)c1. The summed E-state index contributed by atoms with van der Waals surface area (Å²) in [5.74, 6) is 0. The van der Waals surface area contributed by atoms with Crippen LogP contribution in [-0.4, -0.2) is 32.7 Å². The van der Waals surface area contributed by atoms with Crippen molar-refractivity contribution in [1.82, 2.24) is 4.90 Å². The summed E-state index contributed by atoms with van der Waals surface area (Å²) >= 11 is 1.09. The molecule has 5 nitrogen and oxygen atoms in total. The standard InChI is InChI=1S/C17H20N2O3S2/c1-12-5-10-16(13(2)11-12)24(21,22)18-14-6-8-15(9-7-14)23-17(20)19(3)4/h5-11,18H,1-4H3. The van der Waals surface area contributed by atoms with E-state index in [2.05, 4.69) is 4.72 Å². The van der Waals surface area contributed by atoms with E-state index in [4.69, 9.17) is 0 Å². The number of rotatable bonds is 4. The van der Waals surface area contributed by atoms with Crippen molar-refractivity contribution >= 4 is 32.7 Å². The van der Waals surface area contributed by atoms with Crippen LogP contribution in [0.3, 0.4) is 0 Å². The Balaban J connectivity index is 2.17. The lowest BCUT2D eigenvalue weighted by molar-refractivity contribution is 0.241. The van der Waals surface area contributed by atoms with Gasteiger partial charge >= 0.3 is 0 Å². The highest BCUT2D eigenvalue weighted by atomic mass is 32.2. The van der Waals surface area contributed by atoms with Crippen molar-refractivity contribution in [2.45, 2.75) is 23.6 Å². The van der Waals surface area contributed by atoms with Crippen LogP contribution in [0.2, 0.25) is 0 Å².